The van der Waals surface area contributed by atoms with Crippen molar-refractivity contribution >= 4 is 11.7 Å². The average Bonchev–Trinajstić information content (AvgIpc) is 2.99. The van der Waals surface area contributed by atoms with Crippen molar-refractivity contribution in [2.24, 2.45) is 5.92 Å². The van der Waals surface area contributed by atoms with Gasteiger partial charge in [0.2, 0.25) is 0 Å². The zero-order valence-electron chi connectivity index (χ0n) is 18.4. The summed E-state index contributed by atoms with van der Waals surface area (Å²) in [6, 6.07) is 14.0. The molecule has 1 unspecified atom stereocenters. The maximum Gasteiger partial charge on any atom is 0.290 e. The Morgan fingerprint density at radius 2 is 1.84 bits per heavy atom. The van der Waals surface area contributed by atoms with E-state index in [4.69, 9.17) is 9.47 Å². The predicted octanol–water partition coefficient (Wildman–Crippen LogP) is 4.60. The average molecular weight is 424 g/mol. The molecule has 0 aromatic heterocycles. The number of nitrogens with zero attached hydrogens (tertiary/aromatic N) is 1. The SMILES string of the molecule is CCOc1cccc(CN2C(=O)C(O)=C(C(=O)CC(C)C)C2c2ccc(OC)cc2)c1. The molecule has 1 aliphatic heterocycles. The fraction of sp³-hybridized carbons (Fsp3) is 0.360. The van der Waals surface area contributed by atoms with Crippen LogP contribution in [0.1, 0.15) is 44.4 Å². The van der Waals surface area contributed by atoms with Gasteiger partial charge in [0.15, 0.2) is 11.5 Å². The highest BCUT2D eigenvalue weighted by atomic mass is 16.5. The van der Waals surface area contributed by atoms with E-state index in [0.29, 0.717) is 18.1 Å². The first-order valence-electron chi connectivity index (χ1n) is 10.5. The molecule has 2 aromatic carbocycles. The first-order chi connectivity index (χ1) is 14.8. The lowest BCUT2D eigenvalue weighted by atomic mass is 9.92. The number of hydrogen-bond acceptors (Lipinski definition) is 5. The summed E-state index contributed by atoms with van der Waals surface area (Å²) in [6.45, 7) is 6.55. The number of carbonyl (C=O) groups excluding carboxylic acids is 2. The molecule has 1 aliphatic rings. The Morgan fingerprint density at radius 3 is 2.45 bits per heavy atom. The third kappa shape index (κ3) is 4.90. The van der Waals surface area contributed by atoms with E-state index in [1.807, 2.05) is 57.2 Å². The Bertz CT molecular complexity index is 978. The highest BCUT2D eigenvalue weighted by molar-refractivity contribution is 6.09. The van der Waals surface area contributed by atoms with Crippen LogP contribution in [0.3, 0.4) is 0 Å². The molecule has 0 aliphatic carbocycles. The summed E-state index contributed by atoms with van der Waals surface area (Å²) in [5, 5.41) is 10.7. The fourth-order valence-electron chi connectivity index (χ4n) is 3.81. The molecule has 0 saturated heterocycles. The van der Waals surface area contributed by atoms with E-state index in [9.17, 15) is 14.7 Å². The quantitative estimate of drug-likeness (QED) is 0.638. The normalized spacial score (nSPS) is 16.2. The van der Waals surface area contributed by atoms with Gasteiger partial charge in [0, 0.05) is 13.0 Å². The van der Waals surface area contributed by atoms with E-state index < -0.39 is 17.7 Å². The Balaban J connectivity index is 2.01. The predicted molar refractivity (Wildman–Crippen MR) is 118 cm³/mol. The van der Waals surface area contributed by atoms with Crippen LogP contribution in [0.2, 0.25) is 0 Å². The maximum atomic E-state index is 13.0. The zero-order chi connectivity index (χ0) is 22.5. The number of Topliss-reactive ketones (excluding diaryl/α,β-unsaturated/α-hetero) is 1. The van der Waals surface area contributed by atoms with Crippen molar-refractivity contribution in [1.82, 2.24) is 4.90 Å². The Kier molecular flexibility index (Phi) is 7.00. The number of benzene rings is 2. The van der Waals surface area contributed by atoms with Crippen molar-refractivity contribution in [3.05, 3.63) is 71.0 Å². The molecular formula is C25H29NO5. The van der Waals surface area contributed by atoms with E-state index >= 15 is 0 Å². The highest BCUT2D eigenvalue weighted by Gasteiger charge is 2.43. The number of hydrogen-bond donors (Lipinski definition) is 1. The van der Waals surface area contributed by atoms with Gasteiger partial charge in [-0.2, -0.15) is 0 Å². The van der Waals surface area contributed by atoms with Crippen molar-refractivity contribution in [2.45, 2.75) is 39.8 Å². The second-order valence-electron chi connectivity index (χ2n) is 7.97. The molecule has 31 heavy (non-hydrogen) atoms. The molecule has 6 nitrogen and oxygen atoms in total. The molecule has 1 N–H and O–H groups in total. The third-order valence-corrected chi connectivity index (χ3v) is 5.19. The monoisotopic (exact) mass is 423 g/mol. The van der Waals surface area contributed by atoms with Crippen molar-refractivity contribution in [2.75, 3.05) is 13.7 Å². The van der Waals surface area contributed by atoms with Gasteiger partial charge >= 0.3 is 0 Å². The molecule has 6 heteroatoms. The van der Waals surface area contributed by atoms with E-state index in [1.165, 1.54) is 4.90 Å². The molecule has 1 atom stereocenters. The number of ketones is 1. The molecule has 0 bridgehead atoms. The Morgan fingerprint density at radius 1 is 1.13 bits per heavy atom. The summed E-state index contributed by atoms with van der Waals surface area (Å²) in [5.74, 6) is 0.263. The molecule has 0 radical (unpaired) electrons. The molecular weight excluding hydrogens is 394 g/mol. The van der Waals surface area contributed by atoms with E-state index in [0.717, 1.165) is 11.1 Å². The number of rotatable bonds is 9. The van der Waals surface area contributed by atoms with Gasteiger partial charge in [-0.3, -0.25) is 9.59 Å². The first-order valence-corrected chi connectivity index (χ1v) is 10.5. The van der Waals surface area contributed by atoms with Crippen molar-refractivity contribution in [1.29, 1.82) is 0 Å². The van der Waals surface area contributed by atoms with Gasteiger partial charge in [-0.15, -0.1) is 0 Å². The topological polar surface area (TPSA) is 76.1 Å². The maximum absolute atomic E-state index is 13.0. The summed E-state index contributed by atoms with van der Waals surface area (Å²) >= 11 is 0. The van der Waals surface area contributed by atoms with Gasteiger partial charge in [-0.25, -0.2) is 0 Å². The van der Waals surface area contributed by atoms with Crippen molar-refractivity contribution in [3.8, 4) is 11.5 Å². The van der Waals surface area contributed by atoms with Gasteiger partial charge in [0.1, 0.15) is 11.5 Å². The lowest BCUT2D eigenvalue weighted by molar-refractivity contribution is -0.130. The van der Waals surface area contributed by atoms with Crippen LogP contribution < -0.4 is 9.47 Å². The second kappa shape index (κ2) is 9.69. The van der Waals surface area contributed by atoms with Gasteiger partial charge in [-0.1, -0.05) is 38.1 Å². The van der Waals surface area contributed by atoms with Crippen LogP contribution in [0.15, 0.2) is 59.9 Å². The number of methoxy groups -OCH3 is 1. The minimum atomic E-state index is -0.666. The summed E-state index contributed by atoms with van der Waals surface area (Å²) < 4.78 is 10.8. The zero-order valence-corrected chi connectivity index (χ0v) is 18.4. The molecule has 3 rings (SSSR count). The smallest absolute Gasteiger partial charge is 0.290 e. The minimum Gasteiger partial charge on any atom is -0.503 e. The number of carbonyl (C=O) groups is 2. The molecule has 0 spiro atoms. The van der Waals surface area contributed by atoms with Crippen LogP contribution in [0.4, 0.5) is 0 Å². The molecule has 164 valence electrons. The van der Waals surface area contributed by atoms with Gasteiger partial charge in [0.05, 0.1) is 25.3 Å². The number of aliphatic hydroxyl groups is 1. The number of amides is 1. The van der Waals surface area contributed by atoms with E-state index in [2.05, 4.69) is 0 Å². The van der Waals surface area contributed by atoms with Crippen LogP contribution in [0.5, 0.6) is 11.5 Å². The van der Waals surface area contributed by atoms with Gasteiger partial charge in [-0.05, 0) is 48.2 Å². The summed E-state index contributed by atoms with van der Waals surface area (Å²) in [4.78, 5) is 27.6. The van der Waals surface area contributed by atoms with E-state index in [-0.39, 0.29) is 30.2 Å². The molecule has 2 aromatic rings. The molecule has 1 heterocycles. The molecule has 1 amide bonds. The van der Waals surface area contributed by atoms with Gasteiger partial charge in [0.25, 0.3) is 5.91 Å². The van der Waals surface area contributed by atoms with Crippen LogP contribution in [0.25, 0.3) is 0 Å². The standard InChI is InChI=1S/C25H29NO5/c1-5-31-20-8-6-7-17(14-20)15-26-23(18-9-11-19(30-4)12-10-18)22(24(28)25(26)29)21(27)13-16(2)3/h6-12,14,16,23,28H,5,13,15H2,1-4H3. The first kappa shape index (κ1) is 22.4. The minimum absolute atomic E-state index is 0.108. The summed E-state index contributed by atoms with van der Waals surface area (Å²) in [5.41, 5.74) is 1.75. The van der Waals surface area contributed by atoms with Crippen LogP contribution in [0, 0.1) is 5.92 Å². The van der Waals surface area contributed by atoms with Crippen molar-refractivity contribution < 1.29 is 24.2 Å². The summed E-state index contributed by atoms with van der Waals surface area (Å²) in [7, 11) is 1.58. The fourth-order valence-corrected chi connectivity index (χ4v) is 3.81. The largest absolute Gasteiger partial charge is 0.503 e. The Hall–Kier alpha value is -3.28. The Labute approximate surface area is 183 Å². The molecule has 0 fully saturated rings. The van der Waals surface area contributed by atoms with E-state index in [1.54, 1.807) is 19.2 Å². The van der Waals surface area contributed by atoms with Crippen LogP contribution in [-0.2, 0) is 16.1 Å². The van der Waals surface area contributed by atoms with Crippen LogP contribution in [-0.4, -0.2) is 35.4 Å². The van der Waals surface area contributed by atoms with Crippen molar-refractivity contribution in [3.63, 3.8) is 0 Å². The summed E-state index contributed by atoms with van der Waals surface area (Å²) in [6.07, 6.45) is 0.257. The third-order valence-electron chi connectivity index (χ3n) is 5.19. The highest BCUT2D eigenvalue weighted by Crippen LogP contribution is 2.40. The number of aliphatic hydroxyl groups excluding tert-OH is 1. The second-order valence-corrected chi connectivity index (χ2v) is 7.97. The lowest BCUT2D eigenvalue weighted by Crippen LogP contribution is -2.30. The van der Waals surface area contributed by atoms with Crippen LogP contribution >= 0.6 is 0 Å². The molecule has 0 saturated carbocycles. The number of ether oxygens (including phenoxy) is 2. The lowest BCUT2D eigenvalue weighted by Gasteiger charge is -2.27. The van der Waals surface area contributed by atoms with Gasteiger partial charge < -0.3 is 19.5 Å².